The van der Waals surface area contributed by atoms with Gasteiger partial charge in [0.25, 0.3) is 0 Å². The third-order valence-corrected chi connectivity index (χ3v) is 4.42. The van der Waals surface area contributed by atoms with Gasteiger partial charge in [-0.3, -0.25) is 0 Å². The molecule has 1 fully saturated rings. The van der Waals surface area contributed by atoms with Crippen molar-refractivity contribution in [1.29, 1.82) is 0 Å². The summed E-state index contributed by atoms with van der Waals surface area (Å²) in [4.78, 5) is 12.8. The smallest absolute Gasteiger partial charge is 0.224 e. The topological polar surface area (TPSA) is 56.3 Å². The standard InChI is InChI=1S/C14H25FN6/c1-16-12-11(15)9-17-13(19-12)18-10-14(20(2)3)5-7-21(4)8-6-14/h9H,5-8,10H2,1-4H3,(H2,16,17,18,19). The maximum atomic E-state index is 13.4. The molecule has 1 aromatic rings. The van der Waals surface area contributed by atoms with E-state index in [1.807, 2.05) is 0 Å². The molecule has 1 aliphatic rings. The zero-order chi connectivity index (χ0) is 15.5. The summed E-state index contributed by atoms with van der Waals surface area (Å²) in [6.45, 7) is 2.90. The van der Waals surface area contributed by atoms with Crippen LogP contribution in [-0.4, -0.2) is 73.1 Å². The third-order valence-electron chi connectivity index (χ3n) is 4.42. The highest BCUT2D eigenvalue weighted by Gasteiger charge is 2.35. The summed E-state index contributed by atoms with van der Waals surface area (Å²) in [5, 5.41) is 5.99. The maximum absolute atomic E-state index is 13.4. The van der Waals surface area contributed by atoms with E-state index in [4.69, 9.17) is 0 Å². The molecule has 21 heavy (non-hydrogen) atoms. The quantitative estimate of drug-likeness (QED) is 0.848. The lowest BCUT2D eigenvalue weighted by atomic mass is 9.86. The van der Waals surface area contributed by atoms with Gasteiger partial charge in [-0.25, -0.2) is 9.37 Å². The van der Waals surface area contributed by atoms with E-state index in [9.17, 15) is 4.39 Å². The fourth-order valence-electron chi connectivity index (χ4n) is 2.69. The Hall–Kier alpha value is -1.47. The summed E-state index contributed by atoms with van der Waals surface area (Å²) >= 11 is 0. The highest BCUT2D eigenvalue weighted by molar-refractivity contribution is 5.40. The van der Waals surface area contributed by atoms with Crippen LogP contribution in [-0.2, 0) is 0 Å². The van der Waals surface area contributed by atoms with Crippen LogP contribution in [0.2, 0.25) is 0 Å². The number of hydrogen-bond donors (Lipinski definition) is 2. The van der Waals surface area contributed by atoms with Crippen LogP contribution < -0.4 is 10.6 Å². The van der Waals surface area contributed by atoms with Crippen LogP contribution >= 0.6 is 0 Å². The number of rotatable bonds is 5. The van der Waals surface area contributed by atoms with Gasteiger partial charge in [-0.2, -0.15) is 4.98 Å². The van der Waals surface area contributed by atoms with Crippen molar-refractivity contribution in [2.75, 3.05) is 58.5 Å². The Kier molecular flexibility index (Phi) is 4.95. The second-order valence-electron chi connectivity index (χ2n) is 5.92. The minimum atomic E-state index is -0.440. The van der Waals surface area contributed by atoms with E-state index in [0.717, 1.165) is 32.5 Å². The van der Waals surface area contributed by atoms with Crippen molar-refractivity contribution in [2.45, 2.75) is 18.4 Å². The van der Waals surface area contributed by atoms with Crippen molar-refractivity contribution in [3.8, 4) is 0 Å². The number of halogens is 1. The van der Waals surface area contributed by atoms with Crippen molar-refractivity contribution >= 4 is 11.8 Å². The Morgan fingerprint density at radius 1 is 1.38 bits per heavy atom. The lowest BCUT2D eigenvalue weighted by molar-refractivity contribution is 0.0772. The first-order valence-corrected chi connectivity index (χ1v) is 7.27. The average molecular weight is 296 g/mol. The van der Waals surface area contributed by atoms with Crippen molar-refractivity contribution in [3.63, 3.8) is 0 Å². The number of anilines is 2. The zero-order valence-corrected chi connectivity index (χ0v) is 13.3. The Balaban J connectivity index is 2.05. The van der Waals surface area contributed by atoms with E-state index < -0.39 is 5.82 Å². The molecule has 118 valence electrons. The average Bonchev–Trinajstić information content (AvgIpc) is 2.48. The van der Waals surface area contributed by atoms with E-state index in [1.165, 1.54) is 6.20 Å². The molecule has 0 radical (unpaired) electrons. The van der Waals surface area contributed by atoms with Crippen molar-refractivity contribution in [2.24, 2.45) is 0 Å². The lowest BCUT2D eigenvalue weighted by Gasteiger charge is -2.45. The summed E-state index contributed by atoms with van der Waals surface area (Å²) in [5.41, 5.74) is 0.0874. The maximum Gasteiger partial charge on any atom is 0.224 e. The second kappa shape index (κ2) is 6.53. The molecule has 0 saturated carbocycles. The summed E-state index contributed by atoms with van der Waals surface area (Å²) in [6.07, 6.45) is 3.37. The summed E-state index contributed by atoms with van der Waals surface area (Å²) < 4.78 is 13.4. The predicted molar refractivity (Wildman–Crippen MR) is 83.2 cm³/mol. The number of nitrogens with zero attached hydrogens (tertiary/aromatic N) is 4. The fourth-order valence-corrected chi connectivity index (χ4v) is 2.69. The van der Waals surface area contributed by atoms with Crippen molar-refractivity contribution in [1.82, 2.24) is 19.8 Å². The molecular weight excluding hydrogens is 271 g/mol. The molecule has 0 bridgehead atoms. The van der Waals surface area contributed by atoms with Crippen LogP contribution in [0, 0.1) is 5.82 Å². The van der Waals surface area contributed by atoms with Gasteiger partial charge in [-0.05, 0) is 47.1 Å². The minimum absolute atomic E-state index is 0.0874. The molecule has 0 amide bonds. The van der Waals surface area contributed by atoms with Gasteiger partial charge in [0.15, 0.2) is 11.6 Å². The first-order valence-electron chi connectivity index (χ1n) is 7.27. The van der Waals surface area contributed by atoms with Gasteiger partial charge in [0.1, 0.15) is 0 Å². The number of hydrogen-bond acceptors (Lipinski definition) is 6. The lowest BCUT2D eigenvalue weighted by Crippen LogP contribution is -2.55. The van der Waals surface area contributed by atoms with Crippen LogP contribution in [0.25, 0.3) is 0 Å². The summed E-state index contributed by atoms with van der Waals surface area (Å²) in [5.74, 6) is 0.236. The molecule has 6 nitrogen and oxygen atoms in total. The molecule has 0 spiro atoms. The minimum Gasteiger partial charge on any atom is -0.371 e. The SMILES string of the molecule is CNc1nc(NCC2(N(C)C)CCN(C)CC2)ncc1F. The molecule has 0 aliphatic carbocycles. The largest absolute Gasteiger partial charge is 0.371 e. The molecule has 0 aromatic carbocycles. The van der Waals surface area contributed by atoms with Crippen LogP contribution in [0.3, 0.4) is 0 Å². The van der Waals surface area contributed by atoms with Crippen molar-refractivity contribution in [3.05, 3.63) is 12.0 Å². The molecule has 2 rings (SSSR count). The first kappa shape index (κ1) is 15.9. The molecule has 7 heteroatoms. The Morgan fingerprint density at radius 3 is 2.62 bits per heavy atom. The van der Waals surface area contributed by atoms with Gasteiger partial charge >= 0.3 is 0 Å². The second-order valence-corrected chi connectivity index (χ2v) is 5.92. The van der Waals surface area contributed by atoms with Gasteiger partial charge in [0.05, 0.1) is 6.20 Å². The molecule has 2 heterocycles. The van der Waals surface area contributed by atoms with E-state index in [-0.39, 0.29) is 11.4 Å². The molecule has 1 aromatic heterocycles. The molecule has 1 saturated heterocycles. The summed E-state index contributed by atoms with van der Waals surface area (Å²) in [7, 11) is 8.01. The Labute approximate surface area is 125 Å². The van der Waals surface area contributed by atoms with Gasteiger partial charge in [0, 0.05) is 19.1 Å². The van der Waals surface area contributed by atoms with E-state index in [1.54, 1.807) is 7.05 Å². The number of piperidine rings is 1. The van der Waals surface area contributed by atoms with Crippen LogP contribution in [0.15, 0.2) is 6.20 Å². The van der Waals surface area contributed by atoms with E-state index in [0.29, 0.717) is 5.95 Å². The molecule has 0 atom stereocenters. The van der Waals surface area contributed by atoms with Crippen LogP contribution in [0.5, 0.6) is 0 Å². The van der Waals surface area contributed by atoms with Crippen molar-refractivity contribution < 1.29 is 4.39 Å². The molecule has 0 unspecified atom stereocenters. The van der Waals surface area contributed by atoms with E-state index >= 15 is 0 Å². The molecular formula is C14H25FN6. The number of likely N-dealkylation sites (N-methyl/N-ethyl adjacent to an activating group) is 1. The van der Waals surface area contributed by atoms with Gasteiger partial charge in [0.2, 0.25) is 5.95 Å². The summed E-state index contributed by atoms with van der Waals surface area (Å²) in [6, 6.07) is 0. The van der Waals surface area contributed by atoms with Crippen LogP contribution in [0.1, 0.15) is 12.8 Å². The fraction of sp³-hybridized carbons (Fsp3) is 0.714. The normalized spacial score (nSPS) is 18.8. The highest BCUT2D eigenvalue weighted by atomic mass is 19.1. The Morgan fingerprint density at radius 2 is 2.05 bits per heavy atom. The first-order chi connectivity index (χ1) is 9.97. The highest BCUT2D eigenvalue weighted by Crippen LogP contribution is 2.27. The monoisotopic (exact) mass is 296 g/mol. The number of aromatic nitrogens is 2. The molecule has 2 N–H and O–H groups in total. The van der Waals surface area contributed by atoms with Gasteiger partial charge in [-0.1, -0.05) is 0 Å². The van der Waals surface area contributed by atoms with E-state index in [2.05, 4.69) is 51.5 Å². The number of nitrogens with one attached hydrogen (secondary N) is 2. The number of likely N-dealkylation sites (tertiary alicyclic amines) is 1. The van der Waals surface area contributed by atoms with Gasteiger partial charge < -0.3 is 20.4 Å². The van der Waals surface area contributed by atoms with Gasteiger partial charge in [-0.15, -0.1) is 0 Å². The Bertz CT molecular complexity index is 471. The molecule has 1 aliphatic heterocycles. The predicted octanol–water partition coefficient (Wildman–Crippen LogP) is 1.10. The van der Waals surface area contributed by atoms with Crippen LogP contribution in [0.4, 0.5) is 16.2 Å². The zero-order valence-electron chi connectivity index (χ0n) is 13.3. The third kappa shape index (κ3) is 3.59.